The fourth-order valence-electron chi connectivity index (χ4n) is 5.40. The fourth-order valence-corrected chi connectivity index (χ4v) is 6.29. The quantitative estimate of drug-likeness (QED) is 0.416. The van der Waals surface area contributed by atoms with Crippen molar-refractivity contribution in [2.75, 3.05) is 58.5 Å². The number of hydrogen-bond acceptors (Lipinski definition) is 8. The lowest BCUT2D eigenvalue weighted by molar-refractivity contribution is -0.129. The van der Waals surface area contributed by atoms with Gasteiger partial charge < -0.3 is 28.9 Å². The van der Waals surface area contributed by atoms with E-state index < -0.39 is 0 Å². The molecule has 2 aliphatic heterocycles. The zero-order valence-corrected chi connectivity index (χ0v) is 23.9. The van der Waals surface area contributed by atoms with Crippen LogP contribution in [0.3, 0.4) is 0 Å². The first kappa shape index (κ1) is 27.2. The van der Waals surface area contributed by atoms with Gasteiger partial charge in [-0.25, -0.2) is 4.98 Å². The van der Waals surface area contributed by atoms with Crippen LogP contribution in [0, 0.1) is 6.92 Å². The second kappa shape index (κ2) is 11.8. The molecule has 1 aromatic carbocycles. The zero-order valence-electron chi connectivity index (χ0n) is 23.1. The number of anilines is 1. The number of aromatic nitrogens is 1. The van der Waals surface area contributed by atoms with Crippen molar-refractivity contribution >= 4 is 39.9 Å². The molecule has 4 heterocycles. The first-order valence-corrected chi connectivity index (χ1v) is 14.3. The Kier molecular flexibility index (Phi) is 8.23. The van der Waals surface area contributed by atoms with Gasteiger partial charge in [0.15, 0.2) is 0 Å². The lowest BCUT2D eigenvalue weighted by atomic mass is 10.1. The molecule has 5 rings (SSSR count). The predicted molar refractivity (Wildman–Crippen MR) is 152 cm³/mol. The first-order valence-electron chi connectivity index (χ1n) is 13.4. The normalized spacial score (nSPS) is 17.5. The van der Waals surface area contributed by atoms with Crippen LogP contribution in [0.5, 0.6) is 11.5 Å². The van der Waals surface area contributed by atoms with E-state index in [4.69, 9.17) is 19.2 Å². The van der Waals surface area contributed by atoms with Crippen LogP contribution >= 0.6 is 11.3 Å². The largest absolute Gasteiger partial charge is 0.496 e. The molecular weight excluding hydrogens is 516 g/mol. The number of piperazine rings is 1. The van der Waals surface area contributed by atoms with Gasteiger partial charge in [0.1, 0.15) is 22.8 Å². The second-order valence-electron chi connectivity index (χ2n) is 10.1. The molecule has 0 saturated carbocycles. The van der Waals surface area contributed by atoms with Gasteiger partial charge in [-0.15, -0.1) is 11.3 Å². The maximum atomic E-state index is 13.9. The van der Waals surface area contributed by atoms with Gasteiger partial charge in [-0.3, -0.25) is 9.59 Å². The van der Waals surface area contributed by atoms with Crippen LogP contribution in [-0.4, -0.2) is 86.3 Å². The average Bonchev–Trinajstić information content (AvgIpc) is 3.63. The van der Waals surface area contributed by atoms with E-state index >= 15 is 0 Å². The molecule has 0 radical (unpaired) electrons. The molecule has 2 aliphatic rings. The highest BCUT2D eigenvalue weighted by Gasteiger charge is 2.29. The van der Waals surface area contributed by atoms with E-state index in [-0.39, 0.29) is 17.9 Å². The molecule has 0 aliphatic carbocycles. The van der Waals surface area contributed by atoms with Crippen molar-refractivity contribution in [2.45, 2.75) is 39.3 Å². The maximum absolute atomic E-state index is 13.9. The summed E-state index contributed by atoms with van der Waals surface area (Å²) in [6.45, 7) is 7.75. The number of amides is 2. The van der Waals surface area contributed by atoms with Gasteiger partial charge in [0.05, 0.1) is 25.2 Å². The van der Waals surface area contributed by atoms with E-state index in [1.54, 1.807) is 21.1 Å². The Balaban J connectivity index is 1.58. The molecule has 2 amide bonds. The lowest BCUT2D eigenvalue weighted by Crippen LogP contribution is -2.48. The van der Waals surface area contributed by atoms with E-state index in [1.807, 2.05) is 40.3 Å². The number of ether oxygens (including phenoxy) is 3. The number of rotatable bonds is 8. The molecule has 39 heavy (non-hydrogen) atoms. The van der Waals surface area contributed by atoms with E-state index in [0.717, 1.165) is 46.7 Å². The molecule has 3 aromatic rings. The van der Waals surface area contributed by atoms with Crippen molar-refractivity contribution in [3.8, 4) is 11.5 Å². The van der Waals surface area contributed by atoms with Crippen LogP contribution < -0.4 is 14.4 Å². The summed E-state index contributed by atoms with van der Waals surface area (Å²) in [5.74, 6) is 2.22. The first-order chi connectivity index (χ1) is 18.9. The molecule has 0 N–H and O–H groups in total. The van der Waals surface area contributed by atoms with Gasteiger partial charge in [-0.05, 0) is 55.0 Å². The Labute approximate surface area is 233 Å². The number of methoxy groups -OCH3 is 2. The van der Waals surface area contributed by atoms with Crippen molar-refractivity contribution < 1.29 is 23.8 Å². The summed E-state index contributed by atoms with van der Waals surface area (Å²) >= 11 is 1.47. The molecule has 0 bridgehead atoms. The van der Waals surface area contributed by atoms with Crippen molar-refractivity contribution in [1.29, 1.82) is 0 Å². The average molecular weight is 553 g/mol. The van der Waals surface area contributed by atoms with Crippen molar-refractivity contribution in [3.63, 3.8) is 0 Å². The topological polar surface area (TPSA) is 84.4 Å². The third kappa shape index (κ3) is 5.67. The summed E-state index contributed by atoms with van der Waals surface area (Å²) in [6, 6.07) is 7.80. The third-order valence-electron chi connectivity index (χ3n) is 7.58. The van der Waals surface area contributed by atoms with Crippen LogP contribution in [0.4, 0.5) is 5.82 Å². The van der Waals surface area contributed by atoms with Gasteiger partial charge in [0.2, 0.25) is 5.91 Å². The molecule has 10 heteroatoms. The Morgan fingerprint density at radius 1 is 1.13 bits per heavy atom. The van der Waals surface area contributed by atoms with Gasteiger partial charge >= 0.3 is 0 Å². The Morgan fingerprint density at radius 2 is 1.87 bits per heavy atom. The summed E-state index contributed by atoms with van der Waals surface area (Å²) in [7, 11) is 3.27. The summed E-state index contributed by atoms with van der Waals surface area (Å²) in [5.41, 5.74) is 2.60. The second-order valence-corrected chi connectivity index (χ2v) is 11.0. The number of carbonyl (C=O) groups excluding carboxylic acids is 2. The van der Waals surface area contributed by atoms with Crippen LogP contribution in [-0.2, 0) is 16.1 Å². The predicted octanol–water partition coefficient (Wildman–Crippen LogP) is 4.11. The van der Waals surface area contributed by atoms with Crippen LogP contribution in [0.15, 0.2) is 29.6 Å². The summed E-state index contributed by atoms with van der Waals surface area (Å²) in [6.07, 6.45) is 1.96. The van der Waals surface area contributed by atoms with Crippen molar-refractivity contribution in [2.24, 2.45) is 0 Å². The fraction of sp³-hybridized carbons (Fsp3) is 0.483. The van der Waals surface area contributed by atoms with Gasteiger partial charge in [0.25, 0.3) is 5.91 Å². The highest BCUT2D eigenvalue weighted by Crippen LogP contribution is 2.36. The van der Waals surface area contributed by atoms with Crippen LogP contribution in [0.25, 0.3) is 10.9 Å². The van der Waals surface area contributed by atoms with E-state index in [0.29, 0.717) is 56.3 Å². The Bertz CT molecular complexity index is 1340. The summed E-state index contributed by atoms with van der Waals surface area (Å²) < 4.78 is 17.3. The lowest BCUT2D eigenvalue weighted by Gasteiger charge is -2.36. The van der Waals surface area contributed by atoms with Gasteiger partial charge in [-0.2, -0.15) is 0 Å². The van der Waals surface area contributed by atoms with Gasteiger partial charge in [-0.1, -0.05) is 0 Å². The standard InChI is InChI=1S/C29H36N4O5S/c1-19-9-15-39-27(19)29(35)33(18-22-6-5-14-38-22)17-21-16-23-24(36-3)7-8-25(37-4)26(23)30-28(21)32-12-10-31(11-13-32)20(2)34/h7-9,15-16,22H,5-6,10-14,17-18H2,1-4H3. The number of benzene rings is 1. The number of thiophene rings is 1. The number of pyridine rings is 1. The molecule has 1 unspecified atom stereocenters. The minimum atomic E-state index is 0.00283. The molecule has 0 spiro atoms. The molecule has 2 aromatic heterocycles. The third-order valence-corrected chi connectivity index (χ3v) is 8.59. The van der Waals surface area contributed by atoms with E-state index in [2.05, 4.69) is 11.0 Å². The molecular formula is C29H36N4O5S. The molecule has 208 valence electrons. The highest BCUT2D eigenvalue weighted by molar-refractivity contribution is 7.12. The minimum Gasteiger partial charge on any atom is -0.496 e. The molecule has 9 nitrogen and oxygen atoms in total. The van der Waals surface area contributed by atoms with Crippen LogP contribution in [0.2, 0.25) is 0 Å². The SMILES string of the molecule is COc1ccc(OC)c2nc(N3CCN(C(C)=O)CC3)c(CN(CC3CCCO3)C(=O)c3sccc3C)cc12. The highest BCUT2D eigenvalue weighted by atomic mass is 32.1. The smallest absolute Gasteiger partial charge is 0.264 e. The van der Waals surface area contributed by atoms with Gasteiger partial charge in [0, 0.05) is 63.7 Å². The monoisotopic (exact) mass is 552 g/mol. The number of fused-ring (bicyclic) bond motifs is 1. The van der Waals surface area contributed by atoms with Crippen LogP contribution in [0.1, 0.15) is 40.6 Å². The Morgan fingerprint density at radius 3 is 2.49 bits per heavy atom. The van der Waals surface area contributed by atoms with Crippen molar-refractivity contribution in [1.82, 2.24) is 14.8 Å². The number of aryl methyl sites for hydroxylation is 1. The molecule has 1 atom stereocenters. The molecule has 2 fully saturated rings. The van der Waals surface area contributed by atoms with E-state index in [1.165, 1.54) is 11.3 Å². The van der Waals surface area contributed by atoms with Crippen molar-refractivity contribution in [3.05, 3.63) is 45.6 Å². The minimum absolute atomic E-state index is 0.00283. The number of nitrogens with zero attached hydrogens (tertiary/aromatic N) is 4. The maximum Gasteiger partial charge on any atom is 0.264 e. The summed E-state index contributed by atoms with van der Waals surface area (Å²) in [4.78, 5) is 37.7. The van der Waals surface area contributed by atoms with E-state index in [9.17, 15) is 9.59 Å². The zero-order chi connectivity index (χ0) is 27.5. The molecule has 2 saturated heterocycles. The Hall–Kier alpha value is -3.37. The summed E-state index contributed by atoms with van der Waals surface area (Å²) in [5, 5.41) is 2.79. The number of carbonyl (C=O) groups is 2. The number of hydrogen-bond donors (Lipinski definition) is 0.